The summed E-state index contributed by atoms with van der Waals surface area (Å²) < 4.78 is 5.23. The van der Waals surface area contributed by atoms with Crippen LogP contribution in [-0.2, 0) is 14.3 Å². The molecule has 0 aliphatic heterocycles. The van der Waals surface area contributed by atoms with Gasteiger partial charge >= 0.3 is 5.97 Å². The summed E-state index contributed by atoms with van der Waals surface area (Å²) in [6.45, 7) is 1.08. The minimum Gasteiger partial charge on any atom is -0.478 e. The van der Waals surface area contributed by atoms with Crippen LogP contribution in [0.4, 0.5) is 11.4 Å². The van der Waals surface area contributed by atoms with Crippen LogP contribution in [0.1, 0.15) is 15.9 Å². The van der Waals surface area contributed by atoms with E-state index in [0.29, 0.717) is 5.69 Å². The highest BCUT2D eigenvalue weighted by Crippen LogP contribution is 2.30. The van der Waals surface area contributed by atoms with E-state index in [0.717, 1.165) is 27.6 Å². The topological polar surface area (TPSA) is 118 Å². The molecular weight excluding hydrogens is 482 g/mol. The van der Waals surface area contributed by atoms with Crippen LogP contribution in [0.3, 0.4) is 0 Å². The van der Waals surface area contributed by atoms with E-state index in [1.807, 2.05) is 55.5 Å². The molecule has 8 nitrogen and oxygen atoms in total. The molecule has 0 saturated heterocycles. The van der Waals surface area contributed by atoms with Crippen molar-refractivity contribution in [3.05, 3.63) is 89.1 Å². The first-order chi connectivity index (χ1) is 17.3. The lowest BCUT2D eigenvalue weighted by Crippen LogP contribution is -2.24. The largest absolute Gasteiger partial charge is 0.478 e. The zero-order chi connectivity index (χ0) is 25.7. The Labute approximate surface area is 211 Å². The summed E-state index contributed by atoms with van der Waals surface area (Å²) >= 11 is 5.82. The van der Waals surface area contributed by atoms with Gasteiger partial charge in [0.2, 0.25) is 11.8 Å². The molecular formula is C27H22ClN3O5. The molecule has 36 heavy (non-hydrogen) atoms. The zero-order valence-corrected chi connectivity index (χ0v) is 20.0. The van der Waals surface area contributed by atoms with Crippen molar-refractivity contribution in [2.45, 2.75) is 6.92 Å². The number of fused-ring (bicyclic) bond motifs is 1. The molecule has 0 atom stereocenters. The van der Waals surface area contributed by atoms with E-state index in [-0.39, 0.29) is 22.9 Å². The molecule has 4 rings (SSSR count). The van der Waals surface area contributed by atoms with Crippen LogP contribution >= 0.6 is 11.6 Å². The maximum absolute atomic E-state index is 12.5. The molecule has 0 spiro atoms. The molecule has 3 N–H and O–H groups in total. The summed E-state index contributed by atoms with van der Waals surface area (Å²) in [5.41, 5.74) is 4.12. The van der Waals surface area contributed by atoms with Gasteiger partial charge in [0.25, 0.3) is 0 Å². The van der Waals surface area contributed by atoms with Gasteiger partial charge in [-0.3, -0.25) is 14.6 Å². The number of carbonyl (C=O) groups excluding carboxylic acids is 2. The monoisotopic (exact) mass is 503 g/mol. The lowest BCUT2D eigenvalue weighted by atomic mass is 10.00. The summed E-state index contributed by atoms with van der Waals surface area (Å²) in [6, 6.07) is 19.6. The quantitative estimate of drug-likeness (QED) is 0.306. The van der Waals surface area contributed by atoms with Crippen molar-refractivity contribution in [3.63, 3.8) is 0 Å². The number of rotatable bonds is 8. The number of aromatic nitrogens is 1. The van der Waals surface area contributed by atoms with E-state index in [2.05, 4.69) is 15.6 Å². The minimum absolute atomic E-state index is 0.0836. The summed E-state index contributed by atoms with van der Waals surface area (Å²) in [6.07, 6.45) is 1.74. The minimum atomic E-state index is -1.23. The van der Waals surface area contributed by atoms with Crippen molar-refractivity contribution in [2.24, 2.45) is 0 Å². The third kappa shape index (κ3) is 5.86. The molecule has 1 aromatic heterocycles. The van der Waals surface area contributed by atoms with Crippen molar-refractivity contribution in [2.75, 3.05) is 23.8 Å². The number of carbonyl (C=O) groups is 3. The lowest BCUT2D eigenvalue weighted by Gasteiger charge is -2.12. The van der Waals surface area contributed by atoms with E-state index in [1.165, 1.54) is 18.2 Å². The molecule has 0 aliphatic rings. The average Bonchev–Trinajstić information content (AvgIpc) is 2.86. The van der Waals surface area contributed by atoms with Gasteiger partial charge in [-0.05, 0) is 48.4 Å². The van der Waals surface area contributed by atoms with E-state index >= 15 is 0 Å². The summed E-state index contributed by atoms with van der Waals surface area (Å²) in [4.78, 5) is 40.5. The first kappa shape index (κ1) is 24.8. The summed E-state index contributed by atoms with van der Waals surface area (Å²) in [5.74, 6) is -2.27. The predicted molar refractivity (Wildman–Crippen MR) is 138 cm³/mol. The molecule has 0 unspecified atom stereocenters. The van der Waals surface area contributed by atoms with Crippen LogP contribution in [0.5, 0.6) is 0 Å². The number of ether oxygens (including phenoxy) is 1. The molecule has 9 heteroatoms. The summed E-state index contributed by atoms with van der Waals surface area (Å²) in [5, 5.41) is 15.8. The Morgan fingerprint density at radius 3 is 2.39 bits per heavy atom. The fourth-order valence-corrected chi connectivity index (χ4v) is 3.84. The number of nitrogens with zero attached hydrogens (tertiary/aromatic N) is 1. The second kappa shape index (κ2) is 11.0. The molecule has 0 saturated carbocycles. The SMILES string of the molecule is Cc1ccc(-c2cccc3cccnc23)cc1NC(=O)COCC(=O)Nc1ccc(Cl)cc1C(=O)O. The maximum Gasteiger partial charge on any atom is 0.337 e. The van der Waals surface area contributed by atoms with Crippen LogP contribution < -0.4 is 10.6 Å². The highest BCUT2D eigenvalue weighted by atomic mass is 35.5. The average molecular weight is 504 g/mol. The van der Waals surface area contributed by atoms with Gasteiger partial charge in [-0.25, -0.2) is 4.79 Å². The smallest absolute Gasteiger partial charge is 0.337 e. The number of hydrogen-bond donors (Lipinski definition) is 3. The van der Waals surface area contributed by atoms with Gasteiger partial charge in [0.05, 0.1) is 16.8 Å². The Morgan fingerprint density at radius 2 is 1.64 bits per heavy atom. The second-order valence-electron chi connectivity index (χ2n) is 7.99. The molecule has 3 aromatic carbocycles. The first-order valence-electron chi connectivity index (χ1n) is 11.0. The second-order valence-corrected chi connectivity index (χ2v) is 8.43. The fourth-order valence-electron chi connectivity index (χ4n) is 3.67. The highest BCUT2D eigenvalue weighted by Gasteiger charge is 2.14. The van der Waals surface area contributed by atoms with E-state index in [4.69, 9.17) is 16.3 Å². The predicted octanol–water partition coefficient (Wildman–Crippen LogP) is 5.16. The van der Waals surface area contributed by atoms with E-state index in [9.17, 15) is 19.5 Å². The number of benzene rings is 3. The number of carboxylic acid groups (broad SMARTS) is 1. The van der Waals surface area contributed by atoms with Gasteiger partial charge < -0.3 is 20.5 Å². The first-order valence-corrected chi connectivity index (χ1v) is 11.3. The fraction of sp³-hybridized carbons (Fsp3) is 0.111. The molecule has 182 valence electrons. The van der Waals surface area contributed by atoms with Crippen LogP contribution in [0, 0.1) is 6.92 Å². The normalized spacial score (nSPS) is 10.7. The van der Waals surface area contributed by atoms with Crippen LogP contribution in [0.25, 0.3) is 22.0 Å². The van der Waals surface area contributed by atoms with Crippen LogP contribution in [-0.4, -0.2) is 41.1 Å². The van der Waals surface area contributed by atoms with E-state index < -0.39 is 24.4 Å². The van der Waals surface area contributed by atoms with Gasteiger partial charge in [0, 0.05) is 27.9 Å². The number of aromatic carboxylic acids is 1. The molecule has 0 aliphatic carbocycles. The Kier molecular flexibility index (Phi) is 7.58. The number of pyridine rings is 1. The molecule has 1 heterocycles. The number of nitrogens with one attached hydrogen (secondary N) is 2. The Bertz CT molecular complexity index is 1470. The zero-order valence-electron chi connectivity index (χ0n) is 19.2. The maximum atomic E-state index is 12.5. The number of aryl methyl sites for hydroxylation is 1. The van der Waals surface area contributed by atoms with Crippen LogP contribution in [0.2, 0.25) is 5.02 Å². The number of halogens is 1. The number of amides is 2. The van der Waals surface area contributed by atoms with E-state index in [1.54, 1.807) is 6.20 Å². The van der Waals surface area contributed by atoms with Gasteiger partial charge in [-0.1, -0.05) is 48.0 Å². The van der Waals surface area contributed by atoms with Crippen molar-refractivity contribution in [1.82, 2.24) is 4.98 Å². The van der Waals surface area contributed by atoms with Crippen molar-refractivity contribution < 1.29 is 24.2 Å². The third-order valence-corrected chi connectivity index (χ3v) is 5.64. The molecule has 2 amide bonds. The summed E-state index contributed by atoms with van der Waals surface area (Å²) in [7, 11) is 0. The molecule has 4 aromatic rings. The standard InChI is InChI=1S/C27H22ClN3O5/c1-16-7-8-18(20-6-2-4-17-5-3-11-29-26(17)20)12-23(16)31-25(33)15-36-14-24(32)30-22-10-9-19(28)13-21(22)27(34)35/h2-13H,14-15H2,1H3,(H,30,32)(H,31,33)(H,34,35). The van der Waals surface area contributed by atoms with Gasteiger partial charge in [-0.2, -0.15) is 0 Å². The Morgan fingerprint density at radius 1 is 0.917 bits per heavy atom. The molecule has 0 bridgehead atoms. The van der Waals surface area contributed by atoms with Crippen LogP contribution in [0.15, 0.2) is 72.9 Å². The highest BCUT2D eigenvalue weighted by molar-refractivity contribution is 6.31. The van der Waals surface area contributed by atoms with Crippen molar-refractivity contribution in [3.8, 4) is 11.1 Å². The van der Waals surface area contributed by atoms with Crippen molar-refractivity contribution in [1.29, 1.82) is 0 Å². The Hall–Kier alpha value is -4.27. The Balaban J connectivity index is 1.37. The number of anilines is 2. The molecule has 0 fully saturated rings. The van der Waals surface area contributed by atoms with Gasteiger partial charge in [0.15, 0.2) is 0 Å². The lowest BCUT2D eigenvalue weighted by molar-refractivity contribution is -0.125. The third-order valence-electron chi connectivity index (χ3n) is 5.41. The number of hydrogen-bond acceptors (Lipinski definition) is 5. The van der Waals surface area contributed by atoms with Gasteiger partial charge in [0.1, 0.15) is 13.2 Å². The number of para-hydroxylation sites is 1. The van der Waals surface area contributed by atoms with Gasteiger partial charge in [-0.15, -0.1) is 0 Å². The van der Waals surface area contributed by atoms with Crippen molar-refractivity contribution >= 4 is 51.7 Å². The molecule has 0 radical (unpaired) electrons. The number of carboxylic acids is 1.